The molecule has 32 heavy (non-hydrogen) atoms. The van der Waals surface area contributed by atoms with Gasteiger partial charge in [-0.1, -0.05) is 42.5 Å². The van der Waals surface area contributed by atoms with E-state index < -0.39 is 11.5 Å². The number of nitriles is 1. The largest absolute Gasteiger partial charge is 0.733 e. The van der Waals surface area contributed by atoms with Gasteiger partial charge >= 0.3 is 0 Å². The Kier molecular flexibility index (Phi) is 6.70. The third-order valence-corrected chi connectivity index (χ3v) is 4.82. The van der Waals surface area contributed by atoms with Crippen molar-refractivity contribution in [3.05, 3.63) is 99.1 Å². The molecule has 0 aliphatic heterocycles. The molecule has 0 bridgehead atoms. The second-order valence-electron chi connectivity index (χ2n) is 6.81. The van der Waals surface area contributed by atoms with Gasteiger partial charge < -0.3 is 15.8 Å². The van der Waals surface area contributed by atoms with E-state index in [4.69, 9.17) is 5.21 Å². The Morgan fingerprint density at radius 1 is 1.19 bits per heavy atom. The summed E-state index contributed by atoms with van der Waals surface area (Å²) in [5.41, 5.74) is 1.45. The van der Waals surface area contributed by atoms with Crippen molar-refractivity contribution in [2.75, 3.05) is 10.5 Å². The number of anilines is 2. The Morgan fingerprint density at radius 3 is 2.44 bits per heavy atom. The van der Waals surface area contributed by atoms with E-state index in [9.17, 15) is 20.1 Å². The predicted molar refractivity (Wildman–Crippen MR) is 121 cm³/mol. The topological polar surface area (TPSA) is 126 Å². The van der Waals surface area contributed by atoms with Crippen molar-refractivity contribution >= 4 is 23.4 Å². The number of nitrogens with one attached hydrogen (secondary N) is 1. The lowest BCUT2D eigenvalue weighted by Crippen LogP contribution is -2.23. The van der Waals surface area contributed by atoms with Crippen LogP contribution in [0.4, 0.5) is 11.4 Å². The van der Waals surface area contributed by atoms with Gasteiger partial charge in [0.2, 0.25) is 0 Å². The smallest absolute Gasteiger partial charge is 0.295 e. The van der Waals surface area contributed by atoms with Gasteiger partial charge in [-0.05, 0) is 42.8 Å². The molecule has 0 aliphatic carbocycles. The molecule has 0 saturated heterocycles. The van der Waals surface area contributed by atoms with Crippen LogP contribution in [0.3, 0.4) is 0 Å². The average Bonchev–Trinajstić information content (AvgIpc) is 3.00. The molecule has 9 nitrogen and oxygen atoms in total. The molecule has 2 N–H and O–H groups in total. The van der Waals surface area contributed by atoms with Crippen molar-refractivity contribution in [3.63, 3.8) is 0 Å². The molecule has 1 aromatic heterocycles. The molecule has 0 fully saturated rings. The molecular formula is C23H20N5O4-. The summed E-state index contributed by atoms with van der Waals surface area (Å²) in [6.07, 6.45) is 4.45. The number of para-hydroxylation sites is 1. The fraction of sp³-hybridized carbons (Fsp3) is 0.0870. The highest BCUT2D eigenvalue weighted by Crippen LogP contribution is 2.16. The highest BCUT2D eigenvalue weighted by Gasteiger charge is 2.19. The van der Waals surface area contributed by atoms with Gasteiger partial charge in [-0.3, -0.25) is 19.5 Å². The Bertz CT molecular complexity index is 1280. The molecule has 3 rings (SSSR count). The summed E-state index contributed by atoms with van der Waals surface area (Å²) in [5, 5.41) is 31.3. The van der Waals surface area contributed by atoms with Gasteiger partial charge in [0.05, 0.1) is 17.1 Å². The summed E-state index contributed by atoms with van der Waals surface area (Å²) >= 11 is 0. The second kappa shape index (κ2) is 9.61. The molecule has 0 atom stereocenters. The number of nitrogens with zero attached hydrogens (tertiary/aromatic N) is 4. The van der Waals surface area contributed by atoms with E-state index in [0.29, 0.717) is 16.9 Å². The number of hydrogen-bond donors (Lipinski definition) is 2. The summed E-state index contributed by atoms with van der Waals surface area (Å²) in [7, 11) is 1.71. The van der Waals surface area contributed by atoms with Crippen molar-refractivity contribution in [2.24, 2.45) is 7.05 Å². The van der Waals surface area contributed by atoms with Gasteiger partial charge in [0.25, 0.3) is 11.5 Å². The van der Waals surface area contributed by atoms with Crippen LogP contribution in [-0.4, -0.2) is 20.5 Å². The Labute approximate surface area is 183 Å². The van der Waals surface area contributed by atoms with Gasteiger partial charge in [0.15, 0.2) is 0 Å². The van der Waals surface area contributed by atoms with Crippen molar-refractivity contribution in [3.8, 4) is 11.8 Å². The first-order chi connectivity index (χ1) is 15.3. The number of allylic oxidation sites excluding steroid dienone is 2. The van der Waals surface area contributed by atoms with Crippen LogP contribution in [0.15, 0.2) is 77.1 Å². The van der Waals surface area contributed by atoms with Crippen LogP contribution in [0.2, 0.25) is 0 Å². The Balaban J connectivity index is 1.81. The van der Waals surface area contributed by atoms with Crippen molar-refractivity contribution < 1.29 is 10.0 Å². The van der Waals surface area contributed by atoms with E-state index in [1.54, 1.807) is 61.1 Å². The minimum atomic E-state index is -0.708. The Morgan fingerprint density at radius 2 is 1.84 bits per heavy atom. The second-order valence-corrected chi connectivity index (χ2v) is 6.81. The molecule has 9 heteroatoms. The Hall–Kier alpha value is -4.39. The summed E-state index contributed by atoms with van der Waals surface area (Å²) in [5.74, 6) is -0.708. The third kappa shape index (κ3) is 4.67. The van der Waals surface area contributed by atoms with E-state index in [1.807, 2.05) is 12.1 Å². The average molecular weight is 430 g/mol. The number of benzene rings is 2. The van der Waals surface area contributed by atoms with E-state index >= 15 is 0 Å². The van der Waals surface area contributed by atoms with Gasteiger partial charge in [0.1, 0.15) is 17.3 Å². The molecule has 0 radical (unpaired) electrons. The van der Waals surface area contributed by atoms with Gasteiger partial charge in [0, 0.05) is 7.05 Å². The SMILES string of the molecule is Cc1c(NC(=O)/C(C#N)=C/C=C/c2ccc(N([O-])O)cc2)c(=O)n(-c2ccccc2)n1C. The number of aromatic nitrogens is 2. The van der Waals surface area contributed by atoms with Crippen LogP contribution in [0.25, 0.3) is 11.8 Å². The van der Waals surface area contributed by atoms with Crippen LogP contribution in [0.1, 0.15) is 11.3 Å². The zero-order valence-corrected chi connectivity index (χ0v) is 17.4. The maximum Gasteiger partial charge on any atom is 0.295 e. The minimum absolute atomic E-state index is 0.0779. The van der Waals surface area contributed by atoms with Gasteiger partial charge in [-0.2, -0.15) is 5.26 Å². The summed E-state index contributed by atoms with van der Waals surface area (Å²) < 4.78 is 3.06. The standard InChI is InChI=1S/C23H20N5O4/c1-16-21(23(30)27(26(16)2)19-9-4-3-5-10-19)25-22(29)18(15-24)8-6-7-17-11-13-20(14-12-17)28(31)32/h3-14,31H,1-2H3,(H,25,29)/q-1/b7-6+,18-8+. The van der Waals surface area contributed by atoms with Crippen molar-refractivity contribution in [2.45, 2.75) is 6.92 Å². The highest BCUT2D eigenvalue weighted by molar-refractivity contribution is 6.07. The van der Waals surface area contributed by atoms with Crippen LogP contribution >= 0.6 is 0 Å². The summed E-state index contributed by atoms with van der Waals surface area (Å²) in [6, 6.07) is 16.8. The number of carbonyl (C=O) groups is 1. The zero-order chi connectivity index (χ0) is 23.3. The van der Waals surface area contributed by atoms with Crippen LogP contribution in [0.5, 0.6) is 0 Å². The maximum absolute atomic E-state index is 12.9. The predicted octanol–water partition coefficient (Wildman–Crippen LogP) is 3.28. The first-order valence-electron chi connectivity index (χ1n) is 9.53. The van der Waals surface area contributed by atoms with E-state index in [-0.39, 0.29) is 22.2 Å². The number of carbonyl (C=O) groups excluding carboxylic acids is 1. The van der Waals surface area contributed by atoms with Crippen LogP contribution in [0, 0.1) is 23.5 Å². The lowest BCUT2D eigenvalue weighted by Gasteiger charge is -2.21. The van der Waals surface area contributed by atoms with Crippen LogP contribution < -0.4 is 16.1 Å². The normalized spacial score (nSPS) is 11.4. The van der Waals surface area contributed by atoms with Gasteiger partial charge in [-0.15, -0.1) is 0 Å². The molecule has 0 unspecified atom stereocenters. The molecule has 0 saturated carbocycles. The molecular weight excluding hydrogens is 410 g/mol. The van der Waals surface area contributed by atoms with E-state index in [0.717, 1.165) is 0 Å². The first-order valence-corrected chi connectivity index (χ1v) is 9.53. The van der Waals surface area contributed by atoms with Gasteiger partial charge in [-0.25, -0.2) is 4.68 Å². The number of amides is 1. The molecule has 1 heterocycles. The summed E-state index contributed by atoms with van der Waals surface area (Å²) in [4.78, 5) is 25.5. The summed E-state index contributed by atoms with van der Waals surface area (Å²) in [6.45, 7) is 1.70. The fourth-order valence-corrected chi connectivity index (χ4v) is 3.03. The number of rotatable bonds is 6. The van der Waals surface area contributed by atoms with Crippen LogP contribution in [-0.2, 0) is 11.8 Å². The zero-order valence-electron chi connectivity index (χ0n) is 17.4. The molecule has 162 valence electrons. The maximum atomic E-state index is 12.9. The minimum Gasteiger partial charge on any atom is -0.733 e. The first kappa shape index (κ1) is 22.3. The molecule has 1 amide bonds. The fourth-order valence-electron chi connectivity index (χ4n) is 3.03. The molecule has 0 spiro atoms. The number of hydrogen-bond acceptors (Lipinski definition) is 6. The van der Waals surface area contributed by atoms with Crippen molar-refractivity contribution in [1.82, 2.24) is 9.36 Å². The van der Waals surface area contributed by atoms with E-state index in [2.05, 4.69) is 5.32 Å². The van der Waals surface area contributed by atoms with E-state index in [1.165, 1.54) is 29.0 Å². The molecule has 0 aliphatic rings. The third-order valence-electron chi connectivity index (χ3n) is 4.82. The monoisotopic (exact) mass is 430 g/mol. The lowest BCUT2D eigenvalue weighted by atomic mass is 10.1. The highest BCUT2D eigenvalue weighted by atomic mass is 16.8. The lowest BCUT2D eigenvalue weighted by molar-refractivity contribution is -0.112. The molecule has 3 aromatic rings. The van der Waals surface area contributed by atoms with Crippen molar-refractivity contribution in [1.29, 1.82) is 5.26 Å². The quantitative estimate of drug-likeness (QED) is 0.267. The molecule has 2 aromatic carbocycles.